The van der Waals surface area contributed by atoms with Crippen LogP contribution in [-0.2, 0) is 0 Å². The number of rotatable bonds is 1. The molecule has 0 fully saturated rings. The second-order valence-corrected chi connectivity index (χ2v) is 4.11. The lowest BCUT2D eigenvalue weighted by atomic mass is 10.2. The van der Waals surface area contributed by atoms with E-state index in [2.05, 4.69) is 18.4 Å². The van der Waals surface area contributed by atoms with E-state index in [1.54, 1.807) is 0 Å². The number of hydrogen-bond donors (Lipinski definition) is 2. The Morgan fingerprint density at radius 1 is 1.73 bits per heavy atom. The molecule has 0 heterocycles. The smallest absolute Gasteiger partial charge is 0.152 e. The largest absolute Gasteiger partial charge is 0.379 e. The van der Waals surface area contributed by atoms with Crippen molar-refractivity contribution in [1.29, 1.82) is 5.41 Å². The zero-order valence-electron chi connectivity index (χ0n) is 6.77. The monoisotopic (exact) mass is 168 g/mol. The molecule has 0 bridgehead atoms. The van der Waals surface area contributed by atoms with Crippen LogP contribution in [0.25, 0.3) is 0 Å². The van der Waals surface area contributed by atoms with Crippen molar-refractivity contribution < 1.29 is 0 Å². The summed E-state index contributed by atoms with van der Waals surface area (Å²) in [6.45, 7) is 7.30. The molecule has 0 unspecified atom stereocenters. The Hall–Kier alpha value is -0.880. The van der Waals surface area contributed by atoms with Gasteiger partial charge in [0.1, 0.15) is 0 Å². The Morgan fingerprint density at radius 3 is 2.64 bits per heavy atom. The molecule has 0 aliphatic rings. The van der Waals surface area contributed by atoms with E-state index in [4.69, 9.17) is 11.1 Å². The second kappa shape index (κ2) is 4.09. The summed E-state index contributed by atoms with van der Waals surface area (Å²) in [6.07, 6.45) is 1.53. The van der Waals surface area contributed by atoms with Crippen molar-refractivity contribution in [2.75, 3.05) is 0 Å². The summed E-state index contributed by atoms with van der Waals surface area (Å²) in [5, 5.41) is 7.12. The van der Waals surface area contributed by atoms with Gasteiger partial charge in [-0.05, 0) is 19.9 Å². The summed E-state index contributed by atoms with van der Waals surface area (Å²) in [7, 11) is 0. The number of nitrogens with one attached hydrogen (secondary N) is 1. The van der Waals surface area contributed by atoms with Gasteiger partial charge in [0.15, 0.2) is 5.17 Å². The first-order chi connectivity index (χ1) is 4.98. The Morgan fingerprint density at radius 2 is 2.27 bits per heavy atom. The summed E-state index contributed by atoms with van der Waals surface area (Å²) in [4.78, 5) is 0. The molecule has 0 rings (SSSR count). The quantitative estimate of drug-likeness (QED) is 0.355. The second-order valence-electron chi connectivity index (χ2n) is 2.45. The van der Waals surface area contributed by atoms with Crippen LogP contribution in [-0.4, -0.2) is 9.91 Å². The van der Waals surface area contributed by atoms with Gasteiger partial charge in [0.05, 0.1) is 4.75 Å². The van der Waals surface area contributed by atoms with Gasteiger partial charge in [0.25, 0.3) is 0 Å². The fraction of sp³-hybridized carbons (Fsp3) is 0.375. The molecular weight excluding hydrogens is 156 g/mol. The molecule has 0 aromatic rings. The van der Waals surface area contributed by atoms with Gasteiger partial charge in [-0.15, -0.1) is 0 Å². The molecule has 0 aromatic heterocycles. The minimum absolute atomic E-state index is 0.0911. The summed E-state index contributed by atoms with van der Waals surface area (Å²) in [5.74, 6) is 5.65. The highest BCUT2D eigenvalue weighted by Gasteiger charge is 2.15. The van der Waals surface area contributed by atoms with Crippen molar-refractivity contribution in [3.8, 4) is 11.8 Å². The van der Waals surface area contributed by atoms with E-state index >= 15 is 0 Å². The third-order valence-corrected chi connectivity index (χ3v) is 1.67. The highest BCUT2D eigenvalue weighted by atomic mass is 32.2. The van der Waals surface area contributed by atoms with E-state index in [1.165, 1.54) is 17.8 Å². The summed E-state index contributed by atoms with van der Waals surface area (Å²) >= 11 is 1.24. The van der Waals surface area contributed by atoms with Crippen molar-refractivity contribution in [1.82, 2.24) is 0 Å². The first kappa shape index (κ1) is 10.1. The molecule has 3 heteroatoms. The molecule has 3 N–H and O–H groups in total. The van der Waals surface area contributed by atoms with Crippen LogP contribution in [0.15, 0.2) is 12.7 Å². The molecular formula is C8H12N2S. The SMILES string of the molecule is C=CC#CC(C)(C)SC(=N)N. The van der Waals surface area contributed by atoms with Gasteiger partial charge in [-0.3, -0.25) is 5.41 Å². The van der Waals surface area contributed by atoms with Crippen molar-refractivity contribution in [3.63, 3.8) is 0 Å². The molecule has 0 radical (unpaired) electrons. The van der Waals surface area contributed by atoms with Crippen molar-refractivity contribution in [3.05, 3.63) is 12.7 Å². The lowest BCUT2D eigenvalue weighted by Crippen LogP contribution is -2.18. The predicted octanol–water partition coefficient (Wildman–Crippen LogP) is 1.58. The maximum absolute atomic E-state index is 7.03. The molecule has 0 aliphatic carbocycles. The van der Waals surface area contributed by atoms with E-state index in [9.17, 15) is 0 Å². The minimum Gasteiger partial charge on any atom is -0.379 e. The van der Waals surface area contributed by atoms with Crippen LogP contribution in [0.5, 0.6) is 0 Å². The van der Waals surface area contributed by atoms with E-state index in [0.29, 0.717) is 0 Å². The van der Waals surface area contributed by atoms with E-state index in [1.807, 2.05) is 13.8 Å². The normalized spacial score (nSPS) is 9.64. The molecule has 0 aliphatic heterocycles. The molecule has 0 spiro atoms. The van der Waals surface area contributed by atoms with Gasteiger partial charge >= 0.3 is 0 Å². The third-order valence-electron chi connectivity index (χ3n) is 0.840. The van der Waals surface area contributed by atoms with E-state index in [-0.39, 0.29) is 9.91 Å². The Kier molecular flexibility index (Phi) is 3.77. The highest BCUT2D eigenvalue weighted by Crippen LogP contribution is 2.22. The zero-order chi connectivity index (χ0) is 8.91. The topological polar surface area (TPSA) is 49.9 Å². The van der Waals surface area contributed by atoms with E-state index in [0.717, 1.165) is 0 Å². The summed E-state index contributed by atoms with van der Waals surface area (Å²) < 4.78 is -0.292. The van der Waals surface area contributed by atoms with Crippen molar-refractivity contribution in [2.45, 2.75) is 18.6 Å². The first-order valence-corrected chi connectivity index (χ1v) is 3.96. The molecule has 11 heavy (non-hydrogen) atoms. The van der Waals surface area contributed by atoms with E-state index < -0.39 is 0 Å². The number of allylic oxidation sites excluding steroid dienone is 1. The van der Waals surface area contributed by atoms with Gasteiger partial charge in [-0.1, -0.05) is 30.2 Å². The van der Waals surface area contributed by atoms with Crippen molar-refractivity contribution in [2.24, 2.45) is 5.73 Å². The summed E-state index contributed by atoms with van der Waals surface area (Å²) in [5.41, 5.74) is 5.20. The number of thioether (sulfide) groups is 1. The van der Waals surface area contributed by atoms with Crippen LogP contribution >= 0.6 is 11.8 Å². The fourth-order valence-corrected chi connectivity index (χ4v) is 1.18. The Bertz CT molecular complexity index is 220. The van der Waals surface area contributed by atoms with Crippen LogP contribution in [0.4, 0.5) is 0 Å². The Labute approximate surface area is 71.8 Å². The molecule has 2 nitrogen and oxygen atoms in total. The maximum atomic E-state index is 7.03. The van der Waals surface area contributed by atoms with Crippen LogP contribution in [0.3, 0.4) is 0 Å². The average Bonchev–Trinajstić information content (AvgIpc) is 1.81. The lowest BCUT2D eigenvalue weighted by Gasteiger charge is -2.14. The molecule has 0 atom stereocenters. The molecule has 60 valence electrons. The van der Waals surface area contributed by atoms with Gasteiger partial charge in [-0.2, -0.15) is 0 Å². The van der Waals surface area contributed by atoms with Gasteiger partial charge in [-0.25, -0.2) is 0 Å². The van der Waals surface area contributed by atoms with Crippen LogP contribution in [0, 0.1) is 17.3 Å². The minimum atomic E-state index is -0.292. The van der Waals surface area contributed by atoms with Crippen LogP contribution in [0.1, 0.15) is 13.8 Å². The lowest BCUT2D eigenvalue weighted by molar-refractivity contribution is 0.940. The molecule has 0 amide bonds. The van der Waals surface area contributed by atoms with Gasteiger partial charge in [0, 0.05) is 0 Å². The first-order valence-electron chi connectivity index (χ1n) is 3.14. The van der Waals surface area contributed by atoms with Crippen molar-refractivity contribution >= 4 is 16.9 Å². The van der Waals surface area contributed by atoms with Crippen LogP contribution < -0.4 is 5.73 Å². The number of hydrogen-bond acceptors (Lipinski definition) is 2. The average molecular weight is 168 g/mol. The predicted molar refractivity (Wildman–Crippen MR) is 51.6 cm³/mol. The molecule has 0 aromatic carbocycles. The molecule has 0 saturated carbocycles. The Balaban J connectivity index is 4.21. The standard InChI is InChI=1S/C8H12N2S/c1-4-5-6-8(2,3)11-7(9)10/h4H,1H2,2-3H3,(H3,9,10). The summed E-state index contributed by atoms with van der Waals surface area (Å²) in [6, 6.07) is 0. The number of amidine groups is 1. The molecule has 0 saturated heterocycles. The van der Waals surface area contributed by atoms with Gasteiger partial charge < -0.3 is 5.73 Å². The third kappa shape index (κ3) is 5.56. The fourth-order valence-electron chi connectivity index (χ4n) is 0.525. The maximum Gasteiger partial charge on any atom is 0.152 e. The number of nitrogens with two attached hydrogens (primary N) is 1. The van der Waals surface area contributed by atoms with Gasteiger partial charge in [0.2, 0.25) is 0 Å². The highest BCUT2D eigenvalue weighted by molar-refractivity contribution is 8.15. The van der Waals surface area contributed by atoms with Crippen LogP contribution in [0.2, 0.25) is 0 Å². The zero-order valence-corrected chi connectivity index (χ0v) is 7.59.